The molecule has 0 bridgehead atoms. The molecule has 0 radical (unpaired) electrons. The van der Waals surface area contributed by atoms with Gasteiger partial charge in [0, 0.05) is 18.6 Å². The molecule has 0 N–H and O–H groups in total. The van der Waals surface area contributed by atoms with E-state index in [4.69, 9.17) is 35.9 Å². The number of hydrogen-bond donors (Lipinski definition) is 0. The molecule has 5 nitrogen and oxygen atoms in total. The highest BCUT2D eigenvalue weighted by Gasteiger charge is 2.50. The first kappa shape index (κ1) is 18.1. The Morgan fingerprint density at radius 3 is 2.67 bits per heavy atom. The Kier molecular flexibility index (Phi) is 6.12. The Labute approximate surface area is 151 Å². The van der Waals surface area contributed by atoms with Crippen molar-refractivity contribution in [2.75, 3.05) is 20.0 Å². The fourth-order valence-electron chi connectivity index (χ4n) is 3.09. The van der Waals surface area contributed by atoms with Crippen LogP contribution in [0.5, 0.6) is 0 Å². The van der Waals surface area contributed by atoms with Crippen molar-refractivity contribution in [2.45, 2.75) is 37.8 Å². The second-order valence-corrected chi connectivity index (χ2v) is 7.26. The van der Waals surface area contributed by atoms with Gasteiger partial charge < -0.3 is 23.7 Å². The summed E-state index contributed by atoms with van der Waals surface area (Å²) in [7, 11) is 1.63. The van der Waals surface area contributed by atoms with Gasteiger partial charge in [-0.25, -0.2) is 0 Å². The van der Waals surface area contributed by atoms with Crippen molar-refractivity contribution in [2.24, 2.45) is 5.92 Å². The highest BCUT2D eigenvalue weighted by Crippen LogP contribution is 2.38. The van der Waals surface area contributed by atoms with Crippen LogP contribution in [0.1, 0.15) is 18.8 Å². The zero-order chi connectivity index (χ0) is 17.1. The molecule has 0 amide bonds. The van der Waals surface area contributed by atoms with Gasteiger partial charge in [0.1, 0.15) is 18.3 Å². The first-order valence-corrected chi connectivity index (χ1v) is 9.52. The molecule has 24 heavy (non-hydrogen) atoms. The topological polar surface area (TPSA) is 46.2 Å². The van der Waals surface area contributed by atoms with Crippen molar-refractivity contribution in [3.8, 4) is 0 Å². The van der Waals surface area contributed by atoms with E-state index in [-0.39, 0.29) is 30.5 Å². The van der Waals surface area contributed by atoms with Crippen LogP contribution in [-0.4, -0.2) is 49.0 Å². The normalized spacial score (nSPS) is 36.0. The zero-order valence-corrected chi connectivity index (χ0v) is 15.5. The maximum atomic E-state index is 6.20. The van der Waals surface area contributed by atoms with E-state index in [0.29, 0.717) is 11.0 Å². The number of thiocarbonyl (C=S) groups is 1. The van der Waals surface area contributed by atoms with Crippen LogP contribution < -0.4 is 0 Å². The van der Waals surface area contributed by atoms with Crippen LogP contribution in [0.2, 0.25) is 0 Å². The van der Waals surface area contributed by atoms with Gasteiger partial charge in [0.25, 0.3) is 0 Å². The van der Waals surface area contributed by atoms with Gasteiger partial charge in [0.2, 0.25) is 4.38 Å². The number of thioether (sulfide) groups is 1. The Morgan fingerprint density at radius 1 is 1.25 bits per heavy atom. The molecule has 6 atom stereocenters. The summed E-state index contributed by atoms with van der Waals surface area (Å²) in [5.74, 6) is -0.0177. The second-order valence-electron chi connectivity index (χ2n) is 5.85. The minimum Gasteiger partial charge on any atom is -0.472 e. The zero-order valence-electron chi connectivity index (χ0n) is 13.9. The van der Waals surface area contributed by atoms with Gasteiger partial charge in [-0.2, -0.15) is 0 Å². The maximum Gasteiger partial charge on any atom is 0.220 e. The number of methoxy groups -OCH3 is 1. The van der Waals surface area contributed by atoms with Crippen LogP contribution in [0.25, 0.3) is 0 Å². The third kappa shape index (κ3) is 3.76. The molecule has 0 aliphatic carbocycles. The van der Waals surface area contributed by atoms with Crippen LogP contribution in [0.15, 0.2) is 30.3 Å². The molecule has 0 saturated carbocycles. The largest absolute Gasteiger partial charge is 0.472 e. The number of fused-ring (bicyclic) bond motifs is 1. The molecular formula is C17H22O5S2. The van der Waals surface area contributed by atoms with E-state index in [1.165, 1.54) is 11.8 Å². The van der Waals surface area contributed by atoms with Gasteiger partial charge in [0.05, 0.1) is 6.61 Å². The third-order valence-electron chi connectivity index (χ3n) is 4.34. The van der Waals surface area contributed by atoms with E-state index in [2.05, 4.69) is 0 Å². The summed E-state index contributed by atoms with van der Waals surface area (Å²) < 4.78 is 30.0. The van der Waals surface area contributed by atoms with Gasteiger partial charge in [-0.1, -0.05) is 49.0 Å². The van der Waals surface area contributed by atoms with E-state index in [9.17, 15) is 0 Å². The molecule has 0 spiro atoms. The van der Waals surface area contributed by atoms with Crippen LogP contribution in [0.4, 0.5) is 0 Å². The van der Waals surface area contributed by atoms with Crippen molar-refractivity contribution >= 4 is 28.4 Å². The number of hydrogen-bond acceptors (Lipinski definition) is 7. The Morgan fingerprint density at radius 2 is 2.00 bits per heavy atom. The molecule has 2 aliphatic heterocycles. The number of rotatable bonds is 3. The number of benzene rings is 1. The van der Waals surface area contributed by atoms with E-state index >= 15 is 0 Å². The molecule has 6 unspecified atom stereocenters. The quantitative estimate of drug-likeness (QED) is 0.758. The summed E-state index contributed by atoms with van der Waals surface area (Å²) in [5, 5.41) is 0. The molecule has 2 aliphatic rings. The van der Waals surface area contributed by atoms with Gasteiger partial charge in [0.15, 0.2) is 12.6 Å². The van der Waals surface area contributed by atoms with Crippen molar-refractivity contribution < 1.29 is 23.7 Å². The molecular weight excluding hydrogens is 348 g/mol. The lowest BCUT2D eigenvalue weighted by molar-refractivity contribution is -0.346. The van der Waals surface area contributed by atoms with E-state index in [1.807, 2.05) is 43.5 Å². The fourth-order valence-corrected chi connectivity index (χ4v) is 3.41. The highest BCUT2D eigenvalue weighted by molar-refractivity contribution is 8.22. The summed E-state index contributed by atoms with van der Waals surface area (Å²) in [6, 6.07) is 9.86. The molecule has 3 rings (SSSR count). The summed E-state index contributed by atoms with van der Waals surface area (Å²) in [6.07, 6.45) is 0.326. The molecule has 1 aromatic carbocycles. The van der Waals surface area contributed by atoms with Crippen LogP contribution in [0, 0.1) is 5.92 Å². The lowest BCUT2D eigenvalue weighted by atomic mass is 9.91. The van der Waals surface area contributed by atoms with E-state index in [0.717, 1.165) is 5.56 Å². The van der Waals surface area contributed by atoms with Gasteiger partial charge >= 0.3 is 0 Å². The average molecular weight is 370 g/mol. The van der Waals surface area contributed by atoms with Gasteiger partial charge in [-0.3, -0.25) is 0 Å². The molecule has 2 saturated heterocycles. The predicted octanol–water partition coefficient (Wildman–Crippen LogP) is 3.14. The lowest BCUT2D eigenvalue weighted by Gasteiger charge is -2.48. The van der Waals surface area contributed by atoms with Crippen molar-refractivity contribution in [3.63, 3.8) is 0 Å². The van der Waals surface area contributed by atoms with Crippen LogP contribution >= 0.6 is 24.0 Å². The third-order valence-corrected chi connectivity index (χ3v) is 5.37. The number of ether oxygens (including phenoxy) is 5. The van der Waals surface area contributed by atoms with E-state index in [1.54, 1.807) is 7.11 Å². The standard InChI is InChI=1S/C17H22O5S2/c1-10-13(22-17(23)24-3)14-12(20-15(10)18-2)9-19-16(21-14)11-7-5-4-6-8-11/h4-8,10,12-16H,9H2,1-3H3. The maximum absolute atomic E-state index is 6.20. The van der Waals surface area contributed by atoms with Crippen molar-refractivity contribution in [1.82, 2.24) is 0 Å². The minimum atomic E-state index is -0.434. The van der Waals surface area contributed by atoms with Crippen LogP contribution in [-0.2, 0) is 23.7 Å². The second kappa shape index (κ2) is 8.12. The van der Waals surface area contributed by atoms with Crippen molar-refractivity contribution in [1.29, 1.82) is 0 Å². The Bertz CT molecular complexity index is 555. The smallest absolute Gasteiger partial charge is 0.220 e. The Hall–Kier alpha value is -0.700. The molecule has 2 heterocycles. The van der Waals surface area contributed by atoms with Crippen molar-refractivity contribution in [3.05, 3.63) is 35.9 Å². The molecule has 2 fully saturated rings. The lowest BCUT2D eigenvalue weighted by Crippen LogP contribution is -2.60. The van der Waals surface area contributed by atoms with Gasteiger partial charge in [-0.05, 0) is 18.5 Å². The first-order valence-electron chi connectivity index (χ1n) is 7.89. The van der Waals surface area contributed by atoms with Crippen LogP contribution in [0.3, 0.4) is 0 Å². The minimum absolute atomic E-state index is 0.0177. The highest BCUT2D eigenvalue weighted by atomic mass is 32.2. The van der Waals surface area contributed by atoms with E-state index < -0.39 is 6.29 Å². The summed E-state index contributed by atoms with van der Waals surface area (Å²) in [5.41, 5.74) is 0.976. The predicted molar refractivity (Wildman–Crippen MR) is 95.8 cm³/mol. The first-order chi connectivity index (χ1) is 11.6. The monoisotopic (exact) mass is 370 g/mol. The fraction of sp³-hybridized carbons (Fsp3) is 0.588. The molecule has 0 aromatic heterocycles. The summed E-state index contributed by atoms with van der Waals surface area (Å²) >= 11 is 6.66. The summed E-state index contributed by atoms with van der Waals surface area (Å²) in [6.45, 7) is 2.44. The molecule has 7 heteroatoms. The molecule has 1 aromatic rings. The van der Waals surface area contributed by atoms with Gasteiger partial charge in [-0.15, -0.1) is 0 Å². The SMILES string of the molecule is COC1OC2COC(c3ccccc3)OC2C(OC(=S)SC)C1C. The molecule has 132 valence electrons. The average Bonchev–Trinajstić information content (AvgIpc) is 2.64. The Balaban J connectivity index is 1.80. The summed E-state index contributed by atoms with van der Waals surface area (Å²) in [4.78, 5) is 0.